The number of carbonyl (C=O) groups excluding carboxylic acids is 1. The van der Waals surface area contributed by atoms with Crippen LogP contribution in [-0.2, 0) is 10.2 Å². The van der Waals surface area contributed by atoms with Crippen LogP contribution in [0.15, 0.2) is 42.5 Å². The highest BCUT2D eigenvalue weighted by molar-refractivity contribution is 5.95. The second-order valence-corrected chi connectivity index (χ2v) is 8.39. The highest BCUT2D eigenvalue weighted by Crippen LogP contribution is 2.47. The summed E-state index contributed by atoms with van der Waals surface area (Å²) >= 11 is 0. The minimum absolute atomic E-state index is 0.144. The zero-order valence-electron chi connectivity index (χ0n) is 16.8. The number of ether oxygens (including phenoxy) is 2. The highest BCUT2D eigenvalue weighted by atomic mass is 16.5. The Balaban J connectivity index is 1.56. The first kappa shape index (κ1) is 19.5. The Morgan fingerprint density at radius 3 is 2.63 bits per heavy atom. The second-order valence-electron chi connectivity index (χ2n) is 8.39. The molecule has 4 N–H and O–H groups in total. The quantitative estimate of drug-likeness (QED) is 0.529. The van der Waals surface area contributed by atoms with E-state index in [2.05, 4.69) is 10.6 Å². The van der Waals surface area contributed by atoms with Crippen molar-refractivity contribution in [2.75, 3.05) is 33.5 Å². The summed E-state index contributed by atoms with van der Waals surface area (Å²) in [5.41, 5.74) is 1.77. The van der Waals surface area contributed by atoms with Gasteiger partial charge in [-0.25, -0.2) is 0 Å². The van der Waals surface area contributed by atoms with Crippen LogP contribution in [-0.4, -0.2) is 55.6 Å². The molecule has 5 rings (SSSR count). The Hall–Kier alpha value is -2.45. The first-order valence-corrected chi connectivity index (χ1v) is 10.3. The molecule has 1 saturated carbocycles. The summed E-state index contributed by atoms with van der Waals surface area (Å²) in [5, 5.41) is 26.9. The first-order chi connectivity index (χ1) is 14.6. The van der Waals surface area contributed by atoms with Crippen molar-refractivity contribution in [1.82, 2.24) is 10.6 Å². The summed E-state index contributed by atoms with van der Waals surface area (Å²) in [4.78, 5) is 13.1. The van der Waals surface area contributed by atoms with E-state index in [9.17, 15) is 15.0 Å². The molecule has 0 aromatic heterocycles. The molecule has 2 aromatic rings. The van der Waals surface area contributed by atoms with Gasteiger partial charge in [0.2, 0.25) is 0 Å². The van der Waals surface area contributed by atoms with Crippen molar-refractivity contribution in [3.8, 4) is 5.75 Å². The lowest BCUT2D eigenvalue weighted by Gasteiger charge is -2.27. The Kier molecular flexibility index (Phi) is 4.78. The fourth-order valence-corrected chi connectivity index (χ4v) is 4.84. The van der Waals surface area contributed by atoms with Crippen molar-refractivity contribution in [2.24, 2.45) is 11.8 Å². The third-order valence-electron chi connectivity index (χ3n) is 6.77. The van der Waals surface area contributed by atoms with Crippen molar-refractivity contribution in [2.45, 2.75) is 17.7 Å². The second kappa shape index (κ2) is 7.35. The maximum absolute atomic E-state index is 13.1. The lowest BCUT2D eigenvalue weighted by molar-refractivity contribution is 0.0928. The van der Waals surface area contributed by atoms with Crippen molar-refractivity contribution in [1.29, 1.82) is 0 Å². The minimum Gasteiger partial charge on any atom is -0.491 e. The van der Waals surface area contributed by atoms with E-state index in [-0.39, 0.29) is 25.2 Å². The summed E-state index contributed by atoms with van der Waals surface area (Å²) in [7, 11) is 1.64. The number of aliphatic hydroxyl groups is 2. The summed E-state index contributed by atoms with van der Waals surface area (Å²) in [6.45, 7) is 1.45. The van der Waals surface area contributed by atoms with Gasteiger partial charge in [0.25, 0.3) is 5.91 Å². The maximum Gasteiger partial charge on any atom is 0.251 e. The Morgan fingerprint density at radius 1 is 1.23 bits per heavy atom. The molecule has 2 unspecified atom stereocenters. The molecule has 2 aliphatic heterocycles. The van der Waals surface area contributed by atoms with E-state index in [1.807, 2.05) is 30.3 Å². The molecule has 30 heavy (non-hydrogen) atoms. The molecule has 5 atom stereocenters. The smallest absolute Gasteiger partial charge is 0.251 e. The molecule has 0 radical (unpaired) electrons. The fraction of sp³-hybridized carbons (Fsp3) is 0.435. The summed E-state index contributed by atoms with van der Waals surface area (Å²) < 4.78 is 11.4. The molecular formula is C23H26N2O5. The molecule has 2 fully saturated rings. The van der Waals surface area contributed by atoms with Gasteiger partial charge in [0, 0.05) is 34.6 Å². The zero-order valence-corrected chi connectivity index (χ0v) is 16.8. The molecular weight excluding hydrogens is 384 g/mol. The molecule has 158 valence electrons. The molecule has 1 amide bonds. The standard InChI is InChI=1S/C23H26N2O5/c1-24-22(28)15-7-13(21(27)25-19-16-9-29-10-17(16)19)8-18-20(15)30-12-23(18,11-26)14-5-3-2-4-6-14/h2-8,16-17,19,22,24,26,28H,9-12H2,1H3,(H,25,27)/t16-,17+,19?,22?,23-/m1/s1. The van der Waals surface area contributed by atoms with Crippen LogP contribution in [0.2, 0.25) is 0 Å². The lowest BCUT2D eigenvalue weighted by Crippen LogP contribution is -2.34. The van der Waals surface area contributed by atoms with Gasteiger partial charge in [-0.15, -0.1) is 0 Å². The van der Waals surface area contributed by atoms with Gasteiger partial charge in [-0.1, -0.05) is 30.3 Å². The molecule has 7 nitrogen and oxygen atoms in total. The van der Waals surface area contributed by atoms with Gasteiger partial charge >= 0.3 is 0 Å². The number of nitrogens with one attached hydrogen (secondary N) is 2. The van der Waals surface area contributed by atoms with Crippen LogP contribution in [0.5, 0.6) is 5.75 Å². The van der Waals surface area contributed by atoms with Crippen LogP contribution in [0.3, 0.4) is 0 Å². The van der Waals surface area contributed by atoms with Gasteiger partial charge in [0.05, 0.1) is 25.2 Å². The van der Waals surface area contributed by atoms with Crippen molar-refractivity contribution in [3.05, 3.63) is 64.7 Å². The van der Waals surface area contributed by atoms with E-state index in [4.69, 9.17) is 9.47 Å². The van der Waals surface area contributed by atoms with Crippen LogP contribution in [0.4, 0.5) is 0 Å². The van der Waals surface area contributed by atoms with Gasteiger partial charge in [-0.3, -0.25) is 10.1 Å². The molecule has 2 aromatic carbocycles. The number of hydrogen-bond acceptors (Lipinski definition) is 6. The lowest BCUT2D eigenvalue weighted by atomic mass is 9.76. The average Bonchev–Trinajstić information content (AvgIpc) is 3.14. The summed E-state index contributed by atoms with van der Waals surface area (Å²) in [5.74, 6) is 1.13. The third-order valence-corrected chi connectivity index (χ3v) is 6.77. The minimum atomic E-state index is -0.995. The van der Waals surface area contributed by atoms with E-state index >= 15 is 0 Å². The number of benzene rings is 2. The van der Waals surface area contributed by atoms with E-state index in [1.165, 1.54) is 0 Å². The van der Waals surface area contributed by atoms with Gasteiger partial charge in [0.1, 0.15) is 18.6 Å². The SMILES string of the molecule is CNC(O)c1cc(C(=O)NC2[C@H]3COC[C@@H]23)cc2c1OC[C@]2(CO)c1ccccc1. The van der Waals surface area contributed by atoms with E-state index in [0.29, 0.717) is 47.5 Å². The Bertz CT molecular complexity index is 956. The van der Waals surface area contributed by atoms with E-state index in [0.717, 1.165) is 5.56 Å². The van der Waals surface area contributed by atoms with Crippen LogP contribution in [0.1, 0.15) is 33.3 Å². The number of fused-ring (bicyclic) bond motifs is 2. The molecule has 0 bridgehead atoms. The predicted octanol–water partition coefficient (Wildman–Crippen LogP) is 0.942. The van der Waals surface area contributed by atoms with Gasteiger partial charge in [-0.2, -0.15) is 0 Å². The van der Waals surface area contributed by atoms with Gasteiger partial charge in [0.15, 0.2) is 0 Å². The molecule has 2 heterocycles. The summed E-state index contributed by atoms with van der Waals surface area (Å²) in [6, 6.07) is 13.2. The zero-order chi connectivity index (χ0) is 20.9. The summed E-state index contributed by atoms with van der Waals surface area (Å²) in [6.07, 6.45) is -0.995. The van der Waals surface area contributed by atoms with Crippen LogP contribution in [0, 0.1) is 11.8 Å². The van der Waals surface area contributed by atoms with E-state index in [1.54, 1.807) is 19.2 Å². The van der Waals surface area contributed by atoms with Crippen LogP contribution >= 0.6 is 0 Å². The van der Waals surface area contributed by atoms with Crippen molar-refractivity contribution < 1.29 is 24.5 Å². The van der Waals surface area contributed by atoms with Crippen LogP contribution < -0.4 is 15.4 Å². The number of aliphatic hydroxyl groups excluding tert-OH is 2. The number of carbonyl (C=O) groups is 1. The number of rotatable bonds is 6. The average molecular weight is 410 g/mol. The van der Waals surface area contributed by atoms with Gasteiger partial charge < -0.3 is 25.0 Å². The fourth-order valence-electron chi connectivity index (χ4n) is 4.84. The van der Waals surface area contributed by atoms with Crippen molar-refractivity contribution >= 4 is 5.91 Å². The first-order valence-electron chi connectivity index (χ1n) is 10.3. The number of hydrogen-bond donors (Lipinski definition) is 4. The molecule has 1 aliphatic carbocycles. The topological polar surface area (TPSA) is 100 Å². The highest BCUT2D eigenvalue weighted by Gasteiger charge is 2.55. The Morgan fingerprint density at radius 2 is 1.97 bits per heavy atom. The van der Waals surface area contributed by atoms with Gasteiger partial charge in [-0.05, 0) is 24.7 Å². The molecule has 0 spiro atoms. The maximum atomic E-state index is 13.1. The molecule has 1 saturated heterocycles. The normalized spacial score (nSPS) is 29.6. The van der Waals surface area contributed by atoms with Crippen molar-refractivity contribution in [3.63, 3.8) is 0 Å². The van der Waals surface area contributed by atoms with E-state index < -0.39 is 11.6 Å². The molecule has 3 aliphatic rings. The largest absolute Gasteiger partial charge is 0.491 e. The predicted molar refractivity (Wildman–Crippen MR) is 109 cm³/mol. The molecule has 7 heteroatoms. The monoisotopic (exact) mass is 410 g/mol. The third kappa shape index (κ3) is 2.93. The Labute approximate surface area is 175 Å². The number of amides is 1. The van der Waals surface area contributed by atoms with Crippen LogP contribution in [0.25, 0.3) is 0 Å².